The van der Waals surface area contributed by atoms with Crippen molar-refractivity contribution in [2.24, 2.45) is 0 Å². The van der Waals surface area contributed by atoms with Crippen LogP contribution in [0, 0.1) is 0 Å². The van der Waals surface area contributed by atoms with Gasteiger partial charge in [-0.2, -0.15) is 0 Å². The van der Waals surface area contributed by atoms with Gasteiger partial charge in [0.15, 0.2) is 14.1 Å². The molecule has 2 atom stereocenters. The smallest absolute Gasteiger partial charge is 0.303 e. The molecule has 5 nitrogen and oxygen atoms in total. The van der Waals surface area contributed by atoms with E-state index in [1.807, 2.05) is 20.8 Å². The highest BCUT2D eigenvalue weighted by Gasteiger charge is 2.51. The first-order valence-electron chi connectivity index (χ1n) is 7.92. The van der Waals surface area contributed by atoms with Crippen LogP contribution in [-0.2, 0) is 18.7 Å². The molecule has 1 aliphatic heterocycles. The third-order valence-electron chi connectivity index (χ3n) is 4.73. The summed E-state index contributed by atoms with van der Waals surface area (Å²) in [7, 11) is -1.89. The largest absolute Gasteiger partial charge is 0.481 e. The van der Waals surface area contributed by atoms with Crippen molar-refractivity contribution in [2.45, 2.75) is 90.0 Å². The minimum atomic E-state index is -1.89. The maximum absolute atomic E-state index is 10.9. The zero-order chi connectivity index (χ0) is 17.4. The quantitative estimate of drug-likeness (QED) is 0.750. The summed E-state index contributed by atoms with van der Waals surface area (Å²) in [5.74, 6) is -1.53. The molecule has 0 spiro atoms. The molecule has 0 aromatic heterocycles. The van der Waals surface area contributed by atoms with Gasteiger partial charge in [-0.3, -0.25) is 4.79 Å². The molecule has 0 amide bonds. The molecule has 6 heteroatoms. The number of hydrogen-bond acceptors (Lipinski definition) is 4. The Morgan fingerprint density at radius 3 is 2.27 bits per heavy atom. The highest BCUT2D eigenvalue weighted by molar-refractivity contribution is 6.74. The van der Waals surface area contributed by atoms with E-state index in [-0.39, 0.29) is 17.6 Å². The molecule has 130 valence electrons. The van der Waals surface area contributed by atoms with Gasteiger partial charge in [-0.25, -0.2) is 0 Å². The molecule has 0 saturated carbocycles. The van der Waals surface area contributed by atoms with E-state index in [1.54, 1.807) is 0 Å². The summed E-state index contributed by atoms with van der Waals surface area (Å²) in [6, 6.07) is 0. The number of ether oxygens (including phenoxy) is 2. The van der Waals surface area contributed by atoms with E-state index in [9.17, 15) is 4.79 Å². The van der Waals surface area contributed by atoms with E-state index >= 15 is 0 Å². The average molecular weight is 333 g/mol. The van der Waals surface area contributed by atoms with Crippen LogP contribution in [0.4, 0.5) is 0 Å². The van der Waals surface area contributed by atoms with Gasteiger partial charge in [-0.05, 0) is 45.3 Å². The van der Waals surface area contributed by atoms with Crippen LogP contribution in [0.25, 0.3) is 0 Å². The fraction of sp³-hybridized carbons (Fsp3) is 0.938. The second-order valence-electron chi connectivity index (χ2n) is 8.40. The second-order valence-corrected chi connectivity index (χ2v) is 13.2. The third-order valence-corrected chi connectivity index (χ3v) is 9.21. The average Bonchev–Trinajstić information content (AvgIpc) is 2.53. The lowest BCUT2D eigenvalue weighted by Crippen LogP contribution is -2.49. The van der Waals surface area contributed by atoms with Gasteiger partial charge in [0.25, 0.3) is 0 Å². The Bertz CT molecular complexity index is 413. The monoisotopic (exact) mass is 332 g/mol. The summed E-state index contributed by atoms with van der Waals surface area (Å²) in [5, 5.41) is 9.04. The summed E-state index contributed by atoms with van der Waals surface area (Å²) in [4.78, 5) is 10.9. The number of aliphatic carboxylic acids is 1. The van der Waals surface area contributed by atoms with Crippen molar-refractivity contribution < 1.29 is 23.8 Å². The molecule has 1 heterocycles. The standard InChI is InChI=1S/C16H32O5Si/c1-14(2,3)22(7,8)19-11-16(6)12(9-10-13(17)18)20-15(4,5)21-16/h12H,9-11H2,1-8H3,(H,17,18)/t12-,16-/m1/s1. The van der Waals surface area contributed by atoms with Crippen molar-refractivity contribution in [1.82, 2.24) is 0 Å². The lowest BCUT2D eigenvalue weighted by atomic mass is 9.96. The molecule has 1 saturated heterocycles. The van der Waals surface area contributed by atoms with E-state index in [2.05, 4.69) is 33.9 Å². The van der Waals surface area contributed by atoms with Crippen molar-refractivity contribution in [3.8, 4) is 0 Å². The number of carboxylic acid groups (broad SMARTS) is 1. The second kappa shape index (κ2) is 6.22. The predicted molar refractivity (Wildman–Crippen MR) is 88.5 cm³/mol. The van der Waals surface area contributed by atoms with Crippen molar-refractivity contribution in [1.29, 1.82) is 0 Å². The van der Waals surface area contributed by atoms with Gasteiger partial charge in [0.05, 0.1) is 12.7 Å². The Kier molecular flexibility index (Phi) is 5.55. The molecular formula is C16H32O5Si. The van der Waals surface area contributed by atoms with Crippen LogP contribution in [0.3, 0.4) is 0 Å². The van der Waals surface area contributed by atoms with E-state index < -0.39 is 25.7 Å². The van der Waals surface area contributed by atoms with Gasteiger partial charge < -0.3 is 19.0 Å². The molecule has 0 unspecified atom stereocenters. The van der Waals surface area contributed by atoms with Crippen LogP contribution in [0.5, 0.6) is 0 Å². The zero-order valence-corrected chi connectivity index (χ0v) is 16.3. The zero-order valence-electron chi connectivity index (χ0n) is 15.3. The van der Waals surface area contributed by atoms with Gasteiger partial charge in [0, 0.05) is 6.42 Å². The number of carbonyl (C=O) groups is 1. The lowest BCUT2D eigenvalue weighted by molar-refractivity contribution is -0.165. The fourth-order valence-electron chi connectivity index (χ4n) is 2.40. The minimum absolute atomic E-state index is 0.0692. The van der Waals surface area contributed by atoms with Crippen molar-refractivity contribution >= 4 is 14.3 Å². The van der Waals surface area contributed by atoms with Gasteiger partial charge >= 0.3 is 5.97 Å². The Morgan fingerprint density at radius 1 is 1.27 bits per heavy atom. The first-order valence-corrected chi connectivity index (χ1v) is 10.8. The van der Waals surface area contributed by atoms with Gasteiger partial charge in [-0.15, -0.1) is 0 Å². The Balaban J connectivity index is 2.81. The van der Waals surface area contributed by atoms with E-state index in [4.69, 9.17) is 19.0 Å². The summed E-state index contributed by atoms with van der Waals surface area (Å²) in [6.07, 6.45) is 0.221. The highest BCUT2D eigenvalue weighted by Crippen LogP contribution is 2.42. The Morgan fingerprint density at radius 2 is 1.82 bits per heavy atom. The van der Waals surface area contributed by atoms with Gasteiger partial charge in [0.2, 0.25) is 0 Å². The number of carboxylic acids is 1. The molecule has 0 radical (unpaired) electrons. The molecule has 0 bridgehead atoms. The fourth-order valence-corrected chi connectivity index (χ4v) is 3.48. The van der Waals surface area contributed by atoms with Crippen LogP contribution >= 0.6 is 0 Å². The first-order chi connectivity index (χ1) is 9.69. The van der Waals surface area contributed by atoms with Gasteiger partial charge in [0.1, 0.15) is 5.60 Å². The van der Waals surface area contributed by atoms with Crippen molar-refractivity contribution in [3.63, 3.8) is 0 Å². The summed E-state index contributed by atoms with van der Waals surface area (Å²) < 4.78 is 18.3. The van der Waals surface area contributed by atoms with Crippen LogP contribution in [-0.4, -0.2) is 43.5 Å². The van der Waals surface area contributed by atoms with Crippen LogP contribution in [0.15, 0.2) is 0 Å². The lowest BCUT2D eigenvalue weighted by Gasteiger charge is -2.39. The summed E-state index contributed by atoms with van der Waals surface area (Å²) in [6.45, 7) is 17.1. The van der Waals surface area contributed by atoms with E-state index in [0.717, 1.165) is 0 Å². The number of rotatable bonds is 6. The molecule has 22 heavy (non-hydrogen) atoms. The topological polar surface area (TPSA) is 65.0 Å². The van der Waals surface area contributed by atoms with Crippen LogP contribution < -0.4 is 0 Å². The molecule has 1 rings (SSSR count). The molecule has 1 fully saturated rings. The molecular weight excluding hydrogens is 300 g/mol. The van der Waals surface area contributed by atoms with E-state index in [1.165, 1.54) is 0 Å². The highest BCUT2D eigenvalue weighted by atomic mass is 28.4. The summed E-state index contributed by atoms with van der Waals surface area (Å²) in [5.41, 5.74) is -0.617. The molecule has 1 aliphatic rings. The Hall–Kier alpha value is -0.433. The Labute approximate surface area is 135 Å². The molecule has 0 aromatic rings. The van der Waals surface area contributed by atoms with Crippen molar-refractivity contribution in [3.05, 3.63) is 0 Å². The maximum atomic E-state index is 10.9. The van der Waals surface area contributed by atoms with Gasteiger partial charge in [-0.1, -0.05) is 20.8 Å². The van der Waals surface area contributed by atoms with Crippen LogP contribution in [0.2, 0.25) is 18.1 Å². The molecule has 1 N–H and O–H groups in total. The summed E-state index contributed by atoms with van der Waals surface area (Å²) >= 11 is 0. The SMILES string of the molecule is CC1(C)O[C@H](CCC(=O)O)[C@@](C)(CO[Si](C)(C)C(C)(C)C)O1. The van der Waals surface area contributed by atoms with E-state index in [0.29, 0.717) is 13.0 Å². The molecule has 0 aliphatic carbocycles. The third kappa shape index (κ3) is 4.78. The van der Waals surface area contributed by atoms with Crippen molar-refractivity contribution in [2.75, 3.05) is 6.61 Å². The first kappa shape index (κ1) is 19.6. The molecule has 0 aromatic carbocycles. The van der Waals surface area contributed by atoms with Crippen LogP contribution in [0.1, 0.15) is 54.4 Å². The minimum Gasteiger partial charge on any atom is -0.481 e. The number of hydrogen-bond donors (Lipinski definition) is 1. The predicted octanol–water partition coefficient (Wildman–Crippen LogP) is 3.78. The normalized spacial score (nSPS) is 28.8. The maximum Gasteiger partial charge on any atom is 0.303 e.